The van der Waals surface area contributed by atoms with Gasteiger partial charge in [0.2, 0.25) is 0 Å². The molecule has 4 aromatic carbocycles. The van der Waals surface area contributed by atoms with E-state index in [2.05, 4.69) is 116 Å². The number of halogens is 1. The number of hydrogen-bond donors (Lipinski definition) is 0. The number of hydrogen-bond acceptors (Lipinski definition) is 2. The van der Waals surface area contributed by atoms with Crippen molar-refractivity contribution in [3.05, 3.63) is 132 Å². The number of benzene rings is 4. The molecule has 0 amide bonds. The number of carbonyl (C=O) groups is 1. The molecule has 0 fully saturated rings. The molecule has 0 radical (unpaired) electrons. The van der Waals surface area contributed by atoms with Crippen LogP contribution in [0.1, 0.15) is 23.6 Å². The van der Waals surface area contributed by atoms with Gasteiger partial charge in [-0.25, -0.2) is 4.79 Å². The van der Waals surface area contributed by atoms with E-state index >= 15 is 0 Å². The highest BCUT2D eigenvalue weighted by Gasteiger charge is 2.45. The van der Waals surface area contributed by atoms with Gasteiger partial charge in [-0.05, 0) is 73.0 Å². The third kappa shape index (κ3) is 6.17. The van der Waals surface area contributed by atoms with E-state index in [1.807, 2.05) is 13.0 Å². The monoisotopic (exact) mass is 544 g/mol. The molecule has 0 aromatic heterocycles. The number of ether oxygens (including phenoxy) is 1. The summed E-state index contributed by atoms with van der Waals surface area (Å²) >= 11 is 0. The molecular formula is C31H30BrO2P. The van der Waals surface area contributed by atoms with Crippen molar-refractivity contribution in [2.75, 3.05) is 6.61 Å². The highest BCUT2D eigenvalue weighted by atomic mass is 79.9. The maximum absolute atomic E-state index is 11.7. The van der Waals surface area contributed by atoms with Crippen molar-refractivity contribution in [2.45, 2.75) is 20.0 Å². The van der Waals surface area contributed by atoms with E-state index in [0.717, 1.165) is 17.3 Å². The van der Waals surface area contributed by atoms with Crippen LogP contribution in [0.25, 0.3) is 6.08 Å². The molecule has 0 aliphatic rings. The van der Waals surface area contributed by atoms with Crippen molar-refractivity contribution in [3.8, 4) is 0 Å². The largest absolute Gasteiger partial charge is 1.00 e. The zero-order chi connectivity index (χ0) is 23.8. The molecule has 0 atom stereocenters. The van der Waals surface area contributed by atoms with E-state index in [-0.39, 0.29) is 23.0 Å². The topological polar surface area (TPSA) is 26.3 Å². The minimum atomic E-state index is -1.94. The van der Waals surface area contributed by atoms with Crippen LogP contribution in [0, 0.1) is 6.92 Å². The van der Waals surface area contributed by atoms with Crippen LogP contribution in [0.5, 0.6) is 0 Å². The van der Waals surface area contributed by atoms with Gasteiger partial charge in [-0.1, -0.05) is 72.8 Å². The van der Waals surface area contributed by atoms with Gasteiger partial charge in [0.05, 0.1) is 12.8 Å². The Labute approximate surface area is 219 Å². The molecule has 2 nitrogen and oxygen atoms in total. The van der Waals surface area contributed by atoms with Gasteiger partial charge in [0.15, 0.2) is 0 Å². The van der Waals surface area contributed by atoms with Gasteiger partial charge in [0.25, 0.3) is 0 Å². The van der Waals surface area contributed by atoms with Gasteiger partial charge in [-0.2, -0.15) is 0 Å². The van der Waals surface area contributed by atoms with Gasteiger partial charge in [0, 0.05) is 6.08 Å². The Hall–Kier alpha value is -3.00. The minimum Gasteiger partial charge on any atom is -1.00 e. The maximum Gasteiger partial charge on any atom is 0.330 e. The smallest absolute Gasteiger partial charge is 0.330 e. The Bertz CT molecular complexity index is 1160. The van der Waals surface area contributed by atoms with E-state index in [1.165, 1.54) is 27.6 Å². The maximum atomic E-state index is 11.7. The van der Waals surface area contributed by atoms with Crippen molar-refractivity contribution in [3.63, 3.8) is 0 Å². The lowest BCUT2D eigenvalue weighted by Crippen LogP contribution is -3.00. The second-order valence-corrected chi connectivity index (χ2v) is 11.7. The number of rotatable bonds is 8. The number of carbonyl (C=O) groups excluding carboxylic acids is 1. The van der Waals surface area contributed by atoms with Crippen LogP contribution < -0.4 is 32.9 Å². The van der Waals surface area contributed by atoms with Gasteiger partial charge >= 0.3 is 5.97 Å². The number of esters is 1. The zero-order valence-electron chi connectivity index (χ0n) is 20.1. The third-order valence-corrected chi connectivity index (χ3v) is 10.4. The lowest BCUT2D eigenvalue weighted by atomic mass is 10.1. The van der Waals surface area contributed by atoms with Crippen LogP contribution in [-0.2, 0) is 15.7 Å². The first-order valence-electron chi connectivity index (χ1n) is 11.6. The van der Waals surface area contributed by atoms with Gasteiger partial charge in [0.1, 0.15) is 23.2 Å². The molecule has 0 unspecified atom stereocenters. The average Bonchev–Trinajstić information content (AvgIpc) is 2.88. The Morgan fingerprint density at radius 1 is 0.771 bits per heavy atom. The Morgan fingerprint density at radius 3 is 1.69 bits per heavy atom. The van der Waals surface area contributed by atoms with Crippen molar-refractivity contribution >= 4 is 35.2 Å². The predicted octanol–water partition coefficient (Wildman–Crippen LogP) is 3.07. The molecule has 0 saturated heterocycles. The molecule has 0 aliphatic carbocycles. The summed E-state index contributed by atoms with van der Waals surface area (Å²) in [6, 6.07) is 39.3. The fraction of sp³-hybridized carbons (Fsp3) is 0.129. The standard InChI is InChI=1S/C31H30O2P.BrH/c1-3-33-31(32)22-21-27-20-19-26(23-25(27)2)24-34(28-13-7-4-8-14-28,29-15-9-5-10-16-29)30-17-11-6-12-18-30;/h4-23H,3,24H2,1-2H3;1H/q+1;/p-1/b22-21+;. The molecule has 4 aromatic rings. The minimum absolute atomic E-state index is 0. The summed E-state index contributed by atoms with van der Waals surface area (Å²) in [4.78, 5) is 11.7. The summed E-state index contributed by atoms with van der Waals surface area (Å²) < 4.78 is 5.02. The molecule has 0 bridgehead atoms. The summed E-state index contributed by atoms with van der Waals surface area (Å²) in [5, 5.41) is 4.11. The van der Waals surface area contributed by atoms with E-state index < -0.39 is 7.26 Å². The average molecular weight is 545 g/mol. The molecule has 0 heterocycles. The zero-order valence-corrected chi connectivity index (χ0v) is 22.6. The van der Waals surface area contributed by atoms with Crippen molar-refractivity contribution < 1.29 is 26.5 Å². The molecule has 4 rings (SSSR count). The fourth-order valence-electron chi connectivity index (χ4n) is 4.41. The fourth-order valence-corrected chi connectivity index (χ4v) is 8.64. The normalized spacial score (nSPS) is 11.1. The Balaban J connectivity index is 0.00000342. The molecule has 35 heavy (non-hydrogen) atoms. The molecule has 4 heteroatoms. The first-order chi connectivity index (χ1) is 16.6. The molecule has 0 saturated carbocycles. The SMILES string of the molecule is CCOC(=O)/C=C/c1ccc(C[P+](c2ccccc2)(c2ccccc2)c2ccccc2)cc1C.[Br-]. The summed E-state index contributed by atoms with van der Waals surface area (Å²) in [6.07, 6.45) is 4.26. The summed E-state index contributed by atoms with van der Waals surface area (Å²) in [7, 11) is -1.94. The van der Waals surface area contributed by atoms with Crippen molar-refractivity contribution in [1.82, 2.24) is 0 Å². The van der Waals surface area contributed by atoms with E-state index in [1.54, 1.807) is 0 Å². The van der Waals surface area contributed by atoms with Crippen LogP contribution in [0.4, 0.5) is 0 Å². The third-order valence-electron chi connectivity index (χ3n) is 6.03. The molecular weight excluding hydrogens is 515 g/mol. The Kier molecular flexibility index (Phi) is 9.60. The van der Waals surface area contributed by atoms with Crippen LogP contribution in [-0.4, -0.2) is 12.6 Å². The van der Waals surface area contributed by atoms with Crippen LogP contribution in [0.15, 0.2) is 115 Å². The van der Waals surface area contributed by atoms with E-state index in [4.69, 9.17) is 4.74 Å². The van der Waals surface area contributed by atoms with Crippen LogP contribution >= 0.6 is 7.26 Å². The quantitative estimate of drug-likeness (QED) is 0.193. The van der Waals surface area contributed by atoms with E-state index in [0.29, 0.717) is 6.61 Å². The first-order valence-corrected chi connectivity index (χ1v) is 13.6. The van der Waals surface area contributed by atoms with Gasteiger partial charge in [-0.15, -0.1) is 0 Å². The van der Waals surface area contributed by atoms with Crippen molar-refractivity contribution in [1.29, 1.82) is 0 Å². The Morgan fingerprint density at radius 2 is 1.26 bits per heavy atom. The van der Waals surface area contributed by atoms with Crippen LogP contribution in [0.3, 0.4) is 0 Å². The van der Waals surface area contributed by atoms with Crippen LogP contribution in [0.2, 0.25) is 0 Å². The van der Waals surface area contributed by atoms with Gasteiger partial charge < -0.3 is 21.7 Å². The second-order valence-electron chi connectivity index (χ2n) is 8.25. The molecule has 0 N–H and O–H groups in total. The second kappa shape index (κ2) is 12.6. The molecule has 0 spiro atoms. The summed E-state index contributed by atoms with van der Waals surface area (Å²) in [6.45, 7) is 4.29. The summed E-state index contributed by atoms with van der Waals surface area (Å²) in [5.41, 5.74) is 3.46. The lowest BCUT2D eigenvalue weighted by molar-refractivity contribution is -0.137. The lowest BCUT2D eigenvalue weighted by Gasteiger charge is -2.28. The number of aryl methyl sites for hydroxylation is 1. The van der Waals surface area contributed by atoms with Gasteiger partial charge in [-0.3, -0.25) is 0 Å². The summed E-state index contributed by atoms with van der Waals surface area (Å²) in [5.74, 6) is -0.312. The molecule has 178 valence electrons. The van der Waals surface area contributed by atoms with Crippen molar-refractivity contribution in [2.24, 2.45) is 0 Å². The highest BCUT2D eigenvalue weighted by molar-refractivity contribution is 7.95. The molecule has 0 aliphatic heterocycles. The highest BCUT2D eigenvalue weighted by Crippen LogP contribution is 2.58. The van der Waals surface area contributed by atoms with E-state index in [9.17, 15) is 4.79 Å². The first kappa shape index (κ1) is 26.6. The predicted molar refractivity (Wildman–Crippen MR) is 146 cm³/mol.